The number of ether oxygens (including phenoxy) is 3. The van der Waals surface area contributed by atoms with E-state index in [9.17, 15) is 29.1 Å². The Morgan fingerprint density at radius 1 is 1.03 bits per heavy atom. The Morgan fingerprint density at radius 2 is 1.60 bits per heavy atom. The Kier molecular flexibility index (Phi) is 9.56. The van der Waals surface area contributed by atoms with E-state index in [0.29, 0.717) is 0 Å². The summed E-state index contributed by atoms with van der Waals surface area (Å²) >= 11 is 1.12. The summed E-state index contributed by atoms with van der Waals surface area (Å²) in [7, 11) is 3.10. The summed E-state index contributed by atoms with van der Waals surface area (Å²) in [6.07, 6.45) is -4.30. The summed E-state index contributed by atoms with van der Waals surface area (Å²) in [6, 6.07) is -0.819. The molecule has 0 aliphatic carbocycles. The van der Waals surface area contributed by atoms with E-state index < -0.39 is 60.1 Å². The Balaban J connectivity index is 3.23. The smallest absolute Gasteiger partial charge is 0.303 e. The molecule has 12 heteroatoms. The zero-order valence-corrected chi connectivity index (χ0v) is 18.6. The number of aliphatic hydroxyl groups is 1. The van der Waals surface area contributed by atoms with Crippen LogP contribution in [0.5, 0.6) is 0 Å². The highest BCUT2D eigenvalue weighted by molar-refractivity contribution is 8.00. The van der Waals surface area contributed by atoms with Crippen molar-refractivity contribution >= 4 is 41.5 Å². The van der Waals surface area contributed by atoms with Crippen molar-refractivity contribution in [3.05, 3.63) is 0 Å². The molecular formula is C18H28N2O9S. The van der Waals surface area contributed by atoms with Gasteiger partial charge in [-0.25, -0.2) is 0 Å². The lowest BCUT2D eigenvalue weighted by molar-refractivity contribution is -0.184. The zero-order valence-electron chi connectivity index (χ0n) is 17.8. The average molecular weight is 448 g/mol. The normalized spacial score (nSPS) is 21.2. The van der Waals surface area contributed by atoms with Gasteiger partial charge in [0.25, 0.3) is 0 Å². The molecule has 0 unspecified atom stereocenters. The van der Waals surface area contributed by atoms with Crippen LogP contribution in [0.2, 0.25) is 0 Å². The van der Waals surface area contributed by atoms with Gasteiger partial charge in [0.1, 0.15) is 24.1 Å². The fourth-order valence-electron chi connectivity index (χ4n) is 3.01. The number of thioether (sulfide) groups is 1. The zero-order chi connectivity index (χ0) is 23.2. The van der Waals surface area contributed by atoms with Crippen molar-refractivity contribution in [1.29, 1.82) is 0 Å². The summed E-state index contributed by atoms with van der Waals surface area (Å²) in [5.74, 6) is -2.77. The minimum atomic E-state index is -1.54. The van der Waals surface area contributed by atoms with Gasteiger partial charge in [0, 0.05) is 47.5 Å². The van der Waals surface area contributed by atoms with Gasteiger partial charge in [0.2, 0.25) is 11.8 Å². The molecule has 0 saturated carbocycles. The number of aliphatic hydroxyl groups excluding tert-OH is 1. The van der Waals surface area contributed by atoms with E-state index in [0.717, 1.165) is 32.5 Å². The monoisotopic (exact) mass is 448 g/mol. The number of hydrogen-bond acceptors (Lipinski definition) is 10. The Labute approximate surface area is 179 Å². The lowest BCUT2D eigenvalue weighted by atomic mass is 10.1. The molecule has 1 N–H and O–H groups in total. The largest absolute Gasteiger partial charge is 0.462 e. The number of esters is 3. The van der Waals surface area contributed by atoms with Crippen molar-refractivity contribution in [2.75, 3.05) is 26.5 Å². The van der Waals surface area contributed by atoms with Crippen LogP contribution in [0.15, 0.2) is 0 Å². The molecule has 2 amide bonds. The molecule has 30 heavy (non-hydrogen) atoms. The third-order valence-corrected chi connectivity index (χ3v) is 5.55. The standard InChI is InChI=1S/C18H28N2O9S/c1-9(21)20-13(17(26)19(5)6)8-30-18(20)15(25)16(29-12(4)24)14(28-11(3)23)7-27-10(2)22/h13-16,18,25H,7-8H2,1-6H3/t13-,14+,15-,16+,18+/m1/s1. The van der Waals surface area contributed by atoms with Gasteiger partial charge in [-0.05, 0) is 0 Å². The molecule has 170 valence electrons. The van der Waals surface area contributed by atoms with Gasteiger partial charge in [-0.3, -0.25) is 24.0 Å². The van der Waals surface area contributed by atoms with Gasteiger partial charge in [-0.1, -0.05) is 0 Å². The van der Waals surface area contributed by atoms with Crippen LogP contribution in [0.3, 0.4) is 0 Å². The molecule has 0 aromatic rings. The van der Waals surface area contributed by atoms with Crippen LogP contribution in [0.1, 0.15) is 27.7 Å². The highest BCUT2D eigenvalue weighted by atomic mass is 32.2. The minimum Gasteiger partial charge on any atom is -0.462 e. The van der Waals surface area contributed by atoms with Gasteiger partial charge < -0.3 is 29.1 Å². The summed E-state index contributed by atoms with van der Waals surface area (Å²) < 4.78 is 15.2. The molecule has 1 saturated heterocycles. The third-order valence-electron chi connectivity index (χ3n) is 4.19. The fraction of sp³-hybridized carbons (Fsp3) is 0.722. The minimum absolute atomic E-state index is 0.216. The first-order valence-corrected chi connectivity index (χ1v) is 10.2. The summed E-state index contributed by atoms with van der Waals surface area (Å²) in [5, 5.41) is 10.1. The van der Waals surface area contributed by atoms with E-state index in [1.807, 2.05) is 0 Å². The van der Waals surface area contributed by atoms with Crippen molar-refractivity contribution < 1.29 is 43.3 Å². The molecule has 1 heterocycles. The molecule has 1 fully saturated rings. The molecule has 1 aliphatic rings. The molecule has 0 aromatic carbocycles. The molecule has 0 bridgehead atoms. The van der Waals surface area contributed by atoms with Gasteiger partial charge in [-0.15, -0.1) is 11.8 Å². The lowest BCUT2D eigenvalue weighted by Gasteiger charge is -2.36. The first-order valence-electron chi connectivity index (χ1n) is 9.14. The maximum atomic E-state index is 12.5. The van der Waals surface area contributed by atoms with E-state index in [1.54, 1.807) is 14.1 Å². The number of amides is 2. The second-order valence-electron chi connectivity index (χ2n) is 6.91. The molecule has 5 atom stereocenters. The molecule has 0 radical (unpaired) electrons. The number of carbonyl (C=O) groups excluding carboxylic acids is 5. The van der Waals surface area contributed by atoms with Gasteiger partial charge in [0.15, 0.2) is 12.2 Å². The number of nitrogens with zero attached hydrogens (tertiary/aromatic N) is 2. The van der Waals surface area contributed by atoms with Gasteiger partial charge in [-0.2, -0.15) is 0 Å². The van der Waals surface area contributed by atoms with Crippen LogP contribution in [0, 0.1) is 0 Å². The van der Waals surface area contributed by atoms with Gasteiger partial charge >= 0.3 is 17.9 Å². The second-order valence-corrected chi connectivity index (χ2v) is 8.06. The quantitative estimate of drug-likeness (QED) is 0.369. The van der Waals surface area contributed by atoms with E-state index >= 15 is 0 Å². The van der Waals surface area contributed by atoms with E-state index in [2.05, 4.69) is 0 Å². The molecule has 0 aromatic heterocycles. The maximum absolute atomic E-state index is 12.5. The molecule has 11 nitrogen and oxygen atoms in total. The van der Waals surface area contributed by atoms with E-state index in [4.69, 9.17) is 14.2 Å². The fourth-order valence-corrected chi connectivity index (χ4v) is 4.50. The van der Waals surface area contributed by atoms with Crippen molar-refractivity contribution in [1.82, 2.24) is 9.80 Å². The first-order chi connectivity index (χ1) is 13.9. The van der Waals surface area contributed by atoms with Gasteiger partial charge in [0.05, 0.1) is 0 Å². The highest BCUT2D eigenvalue weighted by Crippen LogP contribution is 2.34. The number of rotatable bonds is 8. The molecule has 1 aliphatic heterocycles. The lowest BCUT2D eigenvalue weighted by Crippen LogP contribution is -2.56. The van der Waals surface area contributed by atoms with Crippen LogP contribution < -0.4 is 0 Å². The predicted octanol–water partition coefficient (Wildman–Crippen LogP) is -0.848. The Bertz CT molecular complexity index is 685. The summed E-state index contributed by atoms with van der Waals surface area (Å²) in [5.41, 5.74) is 0. The van der Waals surface area contributed by atoms with E-state index in [-0.39, 0.29) is 11.7 Å². The van der Waals surface area contributed by atoms with Crippen LogP contribution >= 0.6 is 11.8 Å². The van der Waals surface area contributed by atoms with E-state index in [1.165, 1.54) is 16.7 Å². The molecule has 0 spiro atoms. The van der Waals surface area contributed by atoms with Crippen LogP contribution in [-0.4, -0.2) is 101 Å². The molecular weight excluding hydrogens is 420 g/mol. The second kappa shape index (κ2) is 11.2. The Morgan fingerprint density at radius 3 is 2.03 bits per heavy atom. The van der Waals surface area contributed by atoms with Crippen molar-refractivity contribution in [2.45, 2.75) is 57.4 Å². The van der Waals surface area contributed by atoms with Crippen LogP contribution in [-0.2, 0) is 38.2 Å². The van der Waals surface area contributed by atoms with Crippen molar-refractivity contribution in [3.63, 3.8) is 0 Å². The summed E-state index contributed by atoms with van der Waals surface area (Å²) in [6.45, 7) is 4.13. The topological polar surface area (TPSA) is 140 Å². The van der Waals surface area contributed by atoms with Crippen molar-refractivity contribution in [3.8, 4) is 0 Å². The summed E-state index contributed by atoms with van der Waals surface area (Å²) in [4.78, 5) is 61.6. The first kappa shape index (κ1) is 25.7. The average Bonchev–Trinajstić information content (AvgIpc) is 3.06. The number of hydrogen-bond donors (Lipinski definition) is 1. The number of likely N-dealkylation sites (N-methyl/N-ethyl adjacent to an activating group) is 1. The third kappa shape index (κ3) is 6.87. The Hall–Kier alpha value is -2.34. The highest BCUT2D eigenvalue weighted by Gasteiger charge is 2.49. The number of carbonyl (C=O) groups is 5. The van der Waals surface area contributed by atoms with Crippen LogP contribution in [0.25, 0.3) is 0 Å². The predicted molar refractivity (Wildman–Crippen MR) is 105 cm³/mol. The van der Waals surface area contributed by atoms with Crippen molar-refractivity contribution in [2.24, 2.45) is 0 Å². The SMILES string of the molecule is CC(=O)OC[C@H](OC(C)=O)[C@H](OC(C)=O)[C@@H](O)[C@@H]1SC[C@H](C(=O)N(C)C)N1C(C)=O. The van der Waals surface area contributed by atoms with Crippen LogP contribution in [0.4, 0.5) is 0 Å². The maximum Gasteiger partial charge on any atom is 0.303 e. The molecule has 1 rings (SSSR count).